The molecule has 3 rings (SSSR count). The molecule has 138 valence electrons. The highest BCUT2D eigenvalue weighted by atomic mass is 31.2. The van der Waals surface area contributed by atoms with E-state index in [2.05, 4.69) is 41.8 Å². The lowest BCUT2D eigenvalue weighted by atomic mass is 9.89. The number of fused-ring (bicyclic) bond motifs is 1. The van der Waals surface area contributed by atoms with Crippen LogP contribution in [0.4, 0.5) is 4.39 Å². The third-order valence-electron chi connectivity index (χ3n) is 5.29. The summed E-state index contributed by atoms with van der Waals surface area (Å²) in [5.74, 6) is -0.332. The normalized spacial score (nSPS) is 27.5. The highest BCUT2D eigenvalue weighted by molar-refractivity contribution is 7.63. The Labute approximate surface area is 151 Å². The molecule has 2 aliphatic rings. The molecule has 2 fully saturated rings. The van der Waals surface area contributed by atoms with Crippen molar-refractivity contribution in [3.63, 3.8) is 0 Å². The van der Waals surface area contributed by atoms with Gasteiger partial charge >= 0.3 is 0 Å². The van der Waals surface area contributed by atoms with Gasteiger partial charge in [-0.25, -0.2) is 4.39 Å². The third kappa shape index (κ3) is 3.40. The number of nitrogens with zero attached hydrogens (tertiary/aromatic N) is 3. The molecule has 1 aliphatic heterocycles. The van der Waals surface area contributed by atoms with Crippen LogP contribution in [0.2, 0.25) is 0 Å². The number of hydrogen-bond donors (Lipinski definition) is 0. The lowest BCUT2D eigenvalue weighted by Crippen LogP contribution is -2.43. The molecule has 1 saturated carbocycles. The van der Waals surface area contributed by atoms with Crippen molar-refractivity contribution in [3.8, 4) is 0 Å². The molecule has 6 heteroatoms. The number of halogens is 1. The quantitative estimate of drug-likeness (QED) is 0.598. The average Bonchev–Trinajstić information content (AvgIpc) is 2.82. The predicted octanol–water partition coefficient (Wildman–Crippen LogP) is 4.03. The molecule has 2 atom stereocenters. The molecule has 0 bridgehead atoms. The average molecular weight is 365 g/mol. The second kappa shape index (κ2) is 7.40. The van der Waals surface area contributed by atoms with Gasteiger partial charge in [0.1, 0.15) is 5.82 Å². The van der Waals surface area contributed by atoms with Gasteiger partial charge in [-0.15, -0.1) is 14.1 Å². The zero-order valence-electron chi connectivity index (χ0n) is 15.6. The van der Waals surface area contributed by atoms with Crippen LogP contribution in [0.1, 0.15) is 58.9 Å². The van der Waals surface area contributed by atoms with E-state index < -0.39 is 7.94 Å². The Kier molecular flexibility index (Phi) is 5.60. The van der Waals surface area contributed by atoms with Crippen LogP contribution in [0.15, 0.2) is 29.0 Å². The van der Waals surface area contributed by atoms with Crippen molar-refractivity contribution in [1.82, 2.24) is 9.34 Å². The monoisotopic (exact) mass is 365 g/mol. The van der Waals surface area contributed by atoms with Gasteiger partial charge in [0.25, 0.3) is 0 Å². The largest absolute Gasteiger partial charge is 0.630 e. The minimum Gasteiger partial charge on any atom is -0.630 e. The molecular formula is C19H29FN3OP. The first-order valence-electron chi connectivity index (χ1n) is 9.34. The number of rotatable bonds is 4. The molecule has 0 amide bonds. The summed E-state index contributed by atoms with van der Waals surface area (Å²) in [6.07, 6.45) is 5.94. The van der Waals surface area contributed by atoms with Gasteiger partial charge in [0.05, 0.1) is 18.3 Å². The van der Waals surface area contributed by atoms with Crippen molar-refractivity contribution >= 4 is 14.2 Å². The van der Waals surface area contributed by atoms with Crippen LogP contribution in [0.5, 0.6) is 0 Å². The van der Waals surface area contributed by atoms with Crippen LogP contribution in [-0.2, 0) is 0 Å². The van der Waals surface area contributed by atoms with Crippen molar-refractivity contribution in [3.05, 3.63) is 35.6 Å². The zero-order chi connectivity index (χ0) is 18.2. The summed E-state index contributed by atoms with van der Waals surface area (Å²) < 4.78 is 22.8. The minimum absolute atomic E-state index is 0.137. The zero-order valence-corrected chi connectivity index (χ0v) is 16.5. The lowest BCUT2D eigenvalue weighted by Gasteiger charge is -2.39. The molecule has 1 aromatic rings. The van der Waals surface area contributed by atoms with Crippen LogP contribution in [0.3, 0.4) is 0 Å². The molecule has 1 aliphatic carbocycles. The maximum absolute atomic E-state index is 14.1. The van der Waals surface area contributed by atoms with Crippen molar-refractivity contribution in [2.75, 3.05) is 0 Å². The summed E-state index contributed by atoms with van der Waals surface area (Å²) in [5, 5.41) is 0. The van der Waals surface area contributed by atoms with Crippen molar-refractivity contribution in [1.29, 1.82) is 0 Å². The fraction of sp³-hybridized carbons (Fsp3) is 0.632. The van der Waals surface area contributed by atoms with E-state index in [0.717, 1.165) is 12.8 Å². The molecule has 1 aromatic carbocycles. The summed E-state index contributed by atoms with van der Waals surface area (Å²) in [4.78, 5) is 14.1. The van der Waals surface area contributed by atoms with Gasteiger partial charge in [0, 0.05) is 17.6 Å². The molecule has 0 N–H and O–H groups in total. The molecular weight excluding hydrogens is 336 g/mol. The Morgan fingerprint density at radius 3 is 2.08 bits per heavy atom. The molecule has 0 spiro atoms. The van der Waals surface area contributed by atoms with Crippen molar-refractivity contribution in [2.45, 2.75) is 77.5 Å². The van der Waals surface area contributed by atoms with Gasteiger partial charge in [0.2, 0.25) is 7.94 Å². The Morgan fingerprint density at radius 2 is 1.60 bits per heavy atom. The lowest BCUT2D eigenvalue weighted by molar-refractivity contribution is -0.193. The second-order valence-corrected chi connectivity index (χ2v) is 9.83. The minimum atomic E-state index is -3.12. The van der Waals surface area contributed by atoms with E-state index in [-0.39, 0.29) is 30.0 Å². The van der Waals surface area contributed by atoms with E-state index in [1.54, 1.807) is 18.2 Å². The summed E-state index contributed by atoms with van der Waals surface area (Å²) in [5.41, 5.74) is 0.389. The fourth-order valence-electron chi connectivity index (χ4n) is 4.42. The maximum atomic E-state index is 14.1. The van der Waals surface area contributed by atoms with Crippen molar-refractivity contribution in [2.24, 2.45) is 4.76 Å². The van der Waals surface area contributed by atoms with Crippen molar-refractivity contribution < 1.29 is 9.28 Å². The molecule has 4 nitrogen and oxygen atoms in total. The summed E-state index contributed by atoms with van der Waals surface area (Å²) in [7, 11) is -3.12. The van der Waals surface area contributed by atoms with Crippen LogP contribution in [-0.4, -0.2) is 39.7 Å². The molecule has 1 saturated heterocycles. The number of hydrogen-bond acceptors (Lipinski definition) is 4. The molecule has 25 heavy (non-hydrogen) atoms. The van der Waals surface area contributed by atoms with Crippen LogP contribution in [0, 0.1) is 5.82 Å². The predicted molar refractivity (Wildman–Crippen MR) is 101 cm³/mol. The van der Waals surface area contributed by atoms with E-state index in [1.807, 2.05) is 0 Å². The highest BCUT2D eigenvalue weighted by Gasteiger charge is 2.61. The smallest absolute Gasteiger partial charge is 0.238 e. The standard InChI is InChI=1S/C19H29FN3OP/c1-14(2)22-18-11-7-8-12-19(18)23(15(3)4)25(22,24)21-13-16-9-5-6-10-17(16)20/h5-6,9-10,13-15,18-19H,7-8,11-12H2,1-4H3/b21-13+/t18-,19-/m0/s1. The fourth-order valence-corrected chi connectivity index (χ4v) is 7.69. The van der Waals surface area contributed by atoms with E-state index in [9.17, 15) is 9.28 Å². The first-order valence-corrected chi connectivity index (χ1v) is 10.9. The van der Waals surface area contributed by atoms with E-state index in [4.69, 9.17) is 0 Å². The van der Waals surface area contributed by atoms with Gasteiger partial charge in [-0.3, -0.25) is 0 Å². The van der Waals surface area contributed by atoms with E-state index in [1.165, 1.54) is 25.1 Å². The van der Waals surface area contributed by atoms with Gasteiger partial charge in [-0.2, -0.15) is 0 Å². The molecule has 0 aromatic heterocycles. The Morgan fingerprint density at radius 1 is 1.08 bits per heavy atom. The van der Waals surface area contributed by atoms with E-state index >= 15 is 0 Å². The Hall–Kier alpha value is -0.870. The molecule has 1 heterocycles. The Balaban J connectivity index is 2.02. The van der Waals surface area contributed by atoms with Crippen LogP contribution >= 0.6 is 7.94 Å². The molecule has 0 unspecified atom stereocenters. The van der Waals surface area contributed by atoms with Crippen LogP contribution in [0.25, 0.3) is 0 Å². The number of benzene rings is 1. The van der Waals surface area contributed by atoms with Gasteiger partial charge in [-0.1, -0.05) is 31.0 Å². The summed E-state index contributed by atoms with van der Waals surface area (Å²) in [6, 6.07) is 7.34. The SMILES string of the molecule is CC(C)N1[C@H]2CCCC[C@@H]2N(C(C)C)[P+]1([O-])/N=C/c1ccccc1F. The maximum Gasteiger partial charge on any atom is 0.238 e. The first-order chi connectivity index (χ1) is 11.9. The molecule has 0 radical (unpaired) electrons. The highest BCUT2D eigenvalue weighted by Crippen LogP contribution is 2.69. The van der Waals surface area contributed by atoms with Gasteiger partial charge < -0.3 is 4.89 Å². The topological polar surface area (TPSA) is 41.9 Å². The Bertz CT molecular complexity index is 613. The van der Waals surface area contributed by atoms with Gasteiger partial charge in [-0.05, 0) is 46.6 Å². The summed E-state index contributed by atoms with van der Waals surface area (Å²) >= 11 is 0. The second-order valence-electron chi connectivity index (χ2n) is 7.65. The van der Waals surface area contributed by atoms with E-state index in [0.29, 0.717) is 5.56 Å². The van der Waals surface area contributed by atoms with Crippen LogP contribution < -0.4 is 4.89 Å². The first kappa shape index (κ1) is 18.9. The third-order valence-corrected chi connectivity index (χ3v) is 8.42. The summed E-state index contributed by atoms with van der Waals surface area (Å²) in [6.45, 7) is 8.34. The van der Waals surface area contributed by atoms with Gasteiger partial charge in [0.15, 0.2) is 0 Å².